The van der Waals surface area contributed by atoms with Crippen molar-refractivity contribution < 1.29 is 14.0 Å². The number of hydrogen-bond donors (Lipinski definition) is 1. The molecule has 3 heterocycles. The van der Waals surface area contributed by atoms with Crippen molar-refractivity contribution >= 4 is 34.2 Å². The summed E-state index contributed by atoms with van der Waals surface area (Å²) in [6, 6.07) is 9.39. The van der Waals surface area contributed by atoms with Crippen molar-refractivity contribution in [2.75, 3.05) is 29.9 Å². The number of carbonyl (C=O) groups is 2. The molecule has 0 radical (unpaired) electrons. The van der Waals surface area contributed by atoms with Crippen LogP contribution in [-0.2, 0) is 22.7 Å². The predicted molar refractivity (Wildman–Crippen MR) is 129 cm³/mol. The zero-order valence-electron chi connectivity index (χ0n) is 19.8. The minimum absolute atomic E-state index is 0.0664. The van der Waals surface area contributed by atoms with Crippen molar-refractivity contribution in [1.82, 2.24) is 9.88 Å². The molecule has 0 atom stereocenters. The first-order valence-corrected chi connectivity index (χ1v) is 11.2. The van der Waals surface area contributed by atoms with Crippen molar-refractivity contribution in [3.05, 3.63) is 58.2 Å². The number of furan rings is 1. The Kier molecular flexibility index (Phi) is 5.88. The summed E-state index contributed by atoms with van der Waals surface area (Å²) < 4.78 is 7.18. The molecule has 2 aromatic heterocycles. The summed E-state index contributed by atoms with van der Waals surface area (Å²) in [7, 11) is 1.71. The van der Waals surface area contributed by atoms with E-state index >= 15 is 0 Å². The summed E-state index contributed by atoms with van der Waals surface area (Å²) in [5.74, 6) is 0.303. The van der Waals surface area contributed by atoms with Crippen molar-refractivity contribution in [2.24, 2.45) is 5.41 Å². The first-order valence-electron chi connectivity index (χ1n) is 11.2. The monoisotopic (exact) mass is 450 g/mol. The molecule has 0 unspecified atom stereocenters. The predicted octanol–water partition coefficient (Wildman–Crippen LogP) is 3.05. The Morgan fingerprint density at radius 3 is 2.52 bits per heavy atom. The molecule has 33 heavy (non-hydrogen) atoms. The van der Waals surface area contributed by atoms with Crippen LogP contribution in [0.3, 0.4) is 0 Å². The minimum Gasteiger partial charge on any atom is -0.461 e. The number of carbonyl (C=O) groups excluding carboxylic acids is 2. The lowest BCUT2D eigenvalue weighted by Gasteiger charge is -2.27. The molecule has 0 spiro atoms. The second kappa shape index (κ2) is 8.51. The number of hydrogen-bond acceptors (Lipinski definition) is 5. The second-order valence-corrected chi connectivity index (χ2v) is 8.99. The number of nitrogens with one attached hydrogen (secondary N) is 1. The van der Waals surface area contributed by atoms with Gasteiger partial charge in [-0.3, -0.25) is 14.4 Å². The van der Waals surface area contributed by atoms with Crippen LogP contribution < -0.4 is 20.7 Å². The van der Waals surface area contributed by atoms with Crippen LogP contribution in [0.4, 0.5) is 11.4 Å². The van der Waals surface area contributed by atoms with E-state index in [2.05, 4.69) is 5.32 Å². The summed E-state index contributed by atoms with van der Waals surface area (Å²) in [6.45, 7) is 9.27. The molecule has 1 N–H and O–H groups in total. The van der Waals surface area contributed by atoms with Crippen molar-refractivity contribution in [2.45, 2.75) is 40.8 Å². The maximum atomic E-state index is 13.0. The molecule has 0 fully saturated rings. The van der Waals surface area contributed by atoms with E-state index in [0.717, 1.165) is 22.7 Å². The molecule has 2 amide bonds. The third-order valence-corrected chi connectivity index (χ3v) is 6.27. The van der Waals surface area contributed by atoms with Crippen LogP contribution in [0.1, 0.15) is 32.1 Å². The largest absolute Gasteiger partial charge is 0.461 e. The van der Waals surface area contributed by atoms with Gasteiger partial charge in [0.25, 0.3) is 5.56 Å². The lowest BCUT2D eigenvalue weighted by atomic mass is 9.90. The van der Waals surface area contributed by atoms with Crippen molar-refractivity contribution in [3.8, 4) is 0 Å². The second-order valence-electron chi connectivity index (χ2n) is 8.99. The maximum absolute atomic E-state index is 13.0. The van der Waals surface area contributed by atoms with E-state index in [-0.39, 0.29) is 17.4 Å². The van der Waals surface area contributed by atoms with E-state index in [4.69, 9.17) is 4.42 Å². The number of benzene rings is 1. The standard InChI is InChI=1S/C25H30N4O4/c1-6-29-19-8-7-17(14-20(19)27(5)23(31)25(3,4)24(29)32)15-26-10-12-28-11-9-21-18(22(28)30)13-16(2)33-21/h7-9,11,13-14,26H,6,10,12,15H2,1-5H3. The van der Waals surface area contributed by atoms with Gasteiger partial charge in [0.2, 0.25) is 11.8 Å². The molecule has 1 aliphatic rings. The number of nitrogens with zero attached hydrogens (tertiary/aromatic N) is 3. The van der Waals surface area contributed by atoms with Crippen LogP contribution in [0, 0.1) is 12.3 Å². The number of anilines is 2. The Bertz CT molecular complexity index is 1290. The average Bonchev–Trinajstić information content (AvgIpc) is 3.17. The SMILES string of the molecule is CCN1C(=O)C(C)(C)C(=O)N(C)c2cc(CNCCn3ccc4oc(C)cc4c3=O)ccc21. The molecule has 1 aliphatic heterocycles. The molecule has 4 rings (SSSR count). The molecule has 0 aliphatic carbocycles. The van der Waals surface area contributed by atoms with Gasteiger partial charge in [0, 0.05) is 39.4 Å². The van der Waals surface area contributed by atoms with E-state index in [1.807, 2.05) is 38.1 Å². The normalized spacial score (nSPS) is 15.8. The summed E-state index contributed by atoms with van der Waals surface area (Å²) in [4.78, 5) is 41.8. The summed E-state index contributed by atoms with van der Waals surface area (Å²) in [5, 5.41) is 3.95. The van der Waals surface area contributed by atoms with Gasteiger partial charge in [-0.2, -0.15) is 0 Å². The number of pyridine rings is 1. The van der Waals surface area contributed by atoms with Crippen molar-refractivity contribution in [3.63, 3.8) is 0 Å². The van der Waals surface area contributed by atoms with Crippen LogP contribution in [0.25, 0.3) is 11.0 Å². The van der Waals surface area contributed by atoms with E-state index in [0.29, 0.717) is 37.1 Å². The van der Waals surface area contributed by atoms with Gasteiger partial charge in [0.1, 0.15) is 16.8 Å². The molecule has 0 saturated carbocycles. The van der Waals surface area contributed by atoms with E-state index in [9.17, 15) is 14.4 Å². The van der Waals surface area contributed by atoms with Crippen LogP contribution in [0.15, 0.2) is 45.7 Å². The lowest BCUT2D eigenvalue weighted by molar-refractivity contribution is -0.137. The Morgan fingerprint density at radius 2 is 1.79 bits per heavy atom. The summed E-state index contributed by atoms with van der Waals surface area (Å²) >= 11 is 0. The topological polar surface area (TPSA) is 87.8 Å². The lowest BCUT2D eigenvalue weighted by Crippen LogP contribution is -2.47. The van der Waals surface area contributed by atoms with Crippen LogP contribution >= 0.6 is 0 Å². The van der Waals surface area contributed by atoms with Gasteiger partial charge in [-0.25, -0.2) is 0 Å². The quantitative estimate of drug-likeness (QED) is 0.461. The fourth-order valence-corrected chi connectivity index (χ4v) is 4.37. The van der Waals surface area contributed by atoms with Gasteiger partial charge in [0.05, 0.1) is 16.8 Å². The Labute approximate surface area is 192 Å². The minimum atomic E-state index is -1.12. The van der Waals surface area contributed by atoms with Gasteiger partial charge in [-0.05, 0) is 57.5 Å². The van der Waals surface area contributed by atoms with Crippen molar-refractivity contribution in [1.29, 1.82) is 0 Å². The molecule has 1 aromatic carbocycles. The molecule has 8 heteroatoms. The smallest absolute Gasteiger partial charge is 0.261 e. The molecule has 3 aromatic rings. The zero-order chi connectivity index (χ0) is 23.9. The van der Waals surface area contributed by atoms with Crippen LogP contribution in [0.5, 0.6) is 0 Å². The highest BCUT2D eigenvalue weighted by atomic mass is 16.3. The highest BCUT2D eigenvalue weighted by Crippen LogP contribution is 2.38. The number of amides is 2. The highest BCUT2D eigenvalue weighted by molar-refractivity contribution is 6.19. The molecule has 0 bridgehead atoms. The van der Waals surface area contributed by atoms with Gasteiger partial charge in [-0.1, -0.05) is 6.07 Å². The summed E-state index contributed by atoms with van der Waals surface area (Å²) in [5.41, 5.74) is 1.87. The van der Waals surface area contributed by atoms with Gasteiger partial charge in [0.15, 0.2) is 0 Å². The number of aryl methyl sites for hydroxylation is 1. The average molecular weight is 451 g/mol. The first kappa shape index (κ1) is 22.8. The fourth-order valence-electron chi connectivity index (χ4n) is 4.37. The van der Waals surface area contributed by atoms with E-state index in [1.165, 1.54) is 0 Å². The van der Waals surface area contributed by atoms with Gasteiger partial charge < -0.3 is 24.1 Å². The molecule has 0 saturated heterocycles. The van der Waals surface area contributed by atoms with Gasteiger partial charge >= 0.3 is 0 Å². The molecular weight excluding hydrogens is 420 g/mol. The van der Waals surface area contributed by atoms with E-state index < -0.39 is 5.41 Å². The maximum Gasteiger partial charge on any atom is 0.261 e. The molecule has 8 nitrogen and oxygen atoms in total. The summed E-state index contributed by atoms with van der Waals surface area (Å²) in [6.07, 6.45) is 1.75. The number of rotatable bonds is 6. The molecular formula is C25H30N4O4. The Hall–Kier alpha value is -3.39. The third-order valence-electron chi connectivity index (χ3n) is 6.27. The number of fused-ring (bicyclic) bond motifs is 2. The number of aromatic nitrogens is 1. The van der Waals surface area contributed by atoms with E-state index in [1.54, 1.807) is 47.5 Å². The highest BCUT2D eigenvalue weighted by Gasteiger charge is 2.45. The third kappa shape index (κ3) is 3.95. The first-order chi connectivity index (χ1) is 15.6. The van der Waals surface area contributed by atoms with Crippen LogP contribution in [-0.4, -0.2) is 36.5 Å². The fraction of sp³-hybridized carbons (Fsp3) is 0.400. The molecule has 174 valence electrons. The van der Waals surface area contributed by atoms with Crippen LogP contribution in [0.2, 0.25) is 0 Å². The Balaban J connectivity index is 1.48. The zero-order valence-corrected chi connectivity index (χ0v) is 19.8. The Morgan fingerprint density at radius 1 is 1.03 bits per heavy atom. The van der Waals surface area contributed by atoms with Gasteiger partial charge in [-0.15, -0.1) is 0 Å².